The molecule has 1 N–H and O–H groups in total. The highest BCUT2D eigenvalue weighted by Gasteiger charge is 2.37. The maximum Gasteiger partial charge on any atom is 0.312 e. The van der Waals surface area contributed by atoms with Crippen molar-refractivity contribution in [1.29, 1.82) is 0 Å². The Morgan fingerprint density at radius 1 is 1.20 bits per heavy atom. The van der Waals surface area contributed by atoms with E-state index < -0.39 is 28.8 Å². The third-order valence-corrected chi connectivity index (χ3v) is 4.82. The van der Waals surface area contributed by atoms with E-state index in [9.17, 15) is 24.5 Å². The lowest BCUT2D eigenvalue weighted by Crippen LogP contribution is -2.33. The van der Waals surface area contributed by atoms with Crippen LogP contribution in [0.2, 0.25) is 0 Å². The first-order valence-electron chi connectivity index (χ1n) is 9.38. The van der Waals surface area contributed by atoms with Crippen LogP contribution in [0.4, 0.5) is 17.1 Å². The van der Waals surface area contributed by atoms with Gasteiger partial charge in [-0.25, -0.2) is 0 Å². The Bertz CT molecular complexity index is 988. The summed E-state index contributed by atoms with van der Waals surface area (Å²) in [6.07, 6.45) is -1.19. The summed E-state index contributed by atoms with van der Waals surface area (Å²) < 4.78 is 5.22. The smallest absolute Gasteiger partial charge is 0.312 e. The minimum atomic E-state index is -1.18. The average Bonchev–Trinajstić information content (AvgIpc) is 3.10. The monoisotopic (exact) mass is 411 g/mol. The third-order valence-electron chi connectivity index (χ3n) is 4.82. The lowest BCUT2D eigenvalue weighted by atomic mass is 10.1. The molecule has 1 aliphatic heterocycles. The van der Waals surface area contributed by atoms with Crippen LogP contribution in [0, 0.1) is 23.0 Å². The normalized spacial score (nSPS) is 16.8. The van der Waals surface area contributed by atoms with Gasteiger partial charge >= 0.3 is 5.97 Å². The van der Waals surface area contributed by atoms with E-state index in [1.165, 1.54) is 30.0 Å². The van der Waals surface area contributed by atoms with Gasteiger partial charge in [0.25, 0.3) is 11.6 Å². The molecule has 2 aromatic rings. The Kier molecular flexibility index (Phi) is 6.10. The van der Waals surface area contributed by atoms with Gasteiger partial charge in [0.2, 0.25) is 5.91 Å². The summed E-state index contributed by atoms with van der Waals surface area (Å²) in [5.74, 6) is -2.25. The lowest BCUT2D eigenvalue weighted by Gasteiger charge is -2.18. The zero-order chi connectivity index (χ0) is 21.8. The molecule has 2 unspecified atom stereocenters. The van der Waals surface area contributed by atoms with Crippen molar-refractivity contribution < 1.29 is 24.0 Å². The number of nitrogens with one attached hydrogen (secondary N) is 1. The summed E-state index contributed by atoms with van der Waals surface area (Å²) >= 11 is 0. The molecule has 2 atom stereocenters. The number of hydrogen-bond acceptors (Lipinski definition) is 6. The van der Waals surface area contributed by atoms with E-state index in [0.717, 1.165) is 5.56 Å². The van der Waals surface area contributed by atoms with Crippen LogP contribution >= 0.6 is 0 Å². The Balaban J connectivity index is 1.60. The standard InChI is InChI=1S/C21H21N3O6/c1-13-7-9-16(10-8-13)23-12-15(11-19(23)25)21(27)30-14(2)20(26)22-17-5-3-4-6-18(17)24(28)29/h3-10,14-15H,11-12H2,1-2H3,(H,22,26). The first-order chi connectivity index (χ1) is 14.3. The van der Waals surface area contributed by atoms with E-state index in [1.54, 1.807) is 6.07 Å². The average molecular weight is 411 g/mol. The summed E-state index contributed by atoms with van der Waals surface area (Å²) in [5, 5.41) is 13.5. The molecule has 30 heavy (non-hydrogen) atoms. The number of carbonyl (C=O) groups is 3. The Morgan fingerprint density at radius 2 is 1.87 bits per heavy atom. The molecule has 2 aromatic carbocycles. The van der Waals surface area contributed by atoms with E-state index in [0.29, 0.717) is 5.69 Å². The molecule has 1 heterocycles. The van der Waals surface area contributed by atoms with Crippen LogP contribution in [0.25, 0.3) is 0 Å². The number of ether oxygens (including phenoxy) is 1. The van der Waals surface area contributed by atoms with Crippen LogP contribution < -0.4 is 10.2 Å². The van der Waals surface area contributed by atoms with E-state index >= 15 is 0 Å². The molecule has 0 bridgehead atoms. The molecule has 1 aliphatic rings. The second kappa shape index (κ2) is 8.73. The second-order valence-corrected chi connectivity index (χ2v) is 7.08. The molecular formula is C21H21N3O6. The van der Waals surface area contributed by atoms with Crippen LogP contribution in [0.15, 0.2) is 48.5 Å². The van der Waals surface area contributed by atoms with Crippen LogP contribution in [0.5, 0.6) is 0 Å². The largest absolute Gasteiger partial charge is 0.452 e. The minimum Gasteiger partial charge on any atom is -0.452 e. The first kappa shape index (κ1) is 21.0. The topological polar surface area (TPSA) is 119 Å². The number of anilines is 2. The van der Waals surface area contributed by atoms with Gasteiger partial charge in [0.15, 0.2) is 6.10 Å². The van der Waals surface area contributed by atoms with Crippen LogP contribution in [0.3, 0.4) is 0 Å². The maximum atomic E-state index is 12.5. The molecule has 0 radical (unpaired) electrons. The number of nitrogens with zero attached hydrogens (tertiary/aromatic N) is 2. The number of para-hydroxylation sites is 2. The maximum absolute atomic E-state index is 12.5. The number of hydrogen-bond donors (Lipinski definition) is 1. The zero-order valence-corrected chi connectivity index (χ0v) is 16.5. The summed E-state index contributed by atoms with van der Waals surface area (Å²) in [4.78, 5) is 49.1. The van der Waals surface area contributed by atoms with Gasteiger partial charge in [0, 0.05) is 24.7 Å². The van der Waals surface area contributed by atoms with Crippen molar-refractivity contribution in [1.82, 2.24) is 0 Å². The fourth-order valence-corrected chi connectivity index (χ4v) is 3.14. The van der Waals surface area contributed by atoms with E-state index in [1.807, 2.05) is 31.2 Å². The third kappa shape index (κ3) is 4.62. The number of amides is 2. The number of nitro benzene ring substituents is 1. The highest BCUT2D eigenvalue weighted by atomic mass is 16.6. The fourth-order valence-electron chi connectivity index (χ4n) is 3.14. The molecule has 0 saturated carbocycles. The lowest BCUT2D eigenvalue weighted by molar-refractivity contribution is -0.383. The summed E-state index contributed by atoms with van der Waals surface area (Å²) in [5.41, 5.74) is 1.50. The molecule has 0 aromatic heterocycles. The van der Waals surface area contributed by atoms with Gasteiger partial charge in [0.1, 0.15) is 5.69 Å². The predicted octanol–water partition coefficient (Wildman–Crippen LogP) is 2.83. The molecular weight excluding hydrogens is 390 g/mol. The summed E-state index contributed by atoms with van der Waals surface area (Å²) in [7, 11) is 0. The number of esters is 1. The van der Waals surface area contributed by atoms with Crippen LogP contribution in [-0.2, 0) is 19.1 Å². The van der Waals surface area contributed by atoms with Gasteiger partial charge in [-0.2, -0.15) is 0 Å². The number of benzene rings is 2. The number of nitro groups is 1. The Hall–Kier alpha value is -3.75. The summed E-state index contributed by atoms with van der Waals surface area (Å²) in [6.45, 7) is 3.47. The Labute approximate surface area is 172 Å². The van der Waals surface area contributed by atoms with E-state index in [2.05, 4.69) is 5.32 Å². The van der Waals surface area contributed by atoms with Gasteiger partial charge in [-0.05, 0) is 32.0 Å². The molecule has 1 saturated heterocycles. The van der Waals surface area contributed by atoms with Gasteiger partial charge in [-0.15, -0.1) is 0 Å². The fraction of sp³-hybridized carbons (Fsp3) is 0.286. The Morgan fingerprint density at radius 3 is 2.53 bits per heavy atom. The van der Waals surface area contributed by atoms with Gasteiger partial charge < -0.3 is 15.0 Å². The molecule has 9 nitrogen and oxygen atoms in total. The molecule has 156 valence electrons. The molecule has 0 aliphatic carbocycles. The van der Waals surface area contributed by atoms with Gasteiger partial charge in [-0.3, -0.25) is 24.5 Å². The van der Waals surface area contributed by atoms with E-state index in [4.69, 9.17) is 4.74 Å². The SMILES string of the molecule is Cc1ccc(N2CC(C(=O)OC(C)C(=O)Nc3ccccc3[N+](=O)[O-])CC2=O)cc1. The van der Waals surface area contributed by atoms with E-state index in [-0.39, 0.29) is 30.2 Å². The summed E-state index contributed by atoms with van der Waals surface area (Å²) in [6, 6.07) is 13.0. The van der Waals surface area contributed by atoms with Crippen molar-refractivity contribution in [2.24, 2.45) is 5.92 Å². The predicted molar refractivity (Wildman–Crippen MR) is 109 cm³/mol. The van der Waals surface area contributed by atoms with Crippen molar-refractivity contribution >= 4 is 34.8 Å². The van der Waals surface area contributed by atoms with Gasteiger partial charge in [0.05, 0.1) is 10.8 Å². The highest BCUT2D eigenvalue weighted by molar-refractivity contribution is 6.00. The van der Waals surface area contributed by atoms with Crippen molar-refractivity contribution in [2.45, 2.75) is 26.4 Å². The zero-order valence-electron chi connectivity index (χ0n) is 16.5. The van der Waals surface area contributed by atoms with Crippen LogP contribution in [0.1, 0.15) is 18.9 Å². The van der Waals surface area contributed by atoms with Crippen molar-refractivity contribution in [3.05, 3.63) is 64.2 Å². The molecule has 3 rings (SSSR count). The molecule has 1 fully saturated rings. The second-order valence-electron chi connectivity index (χ2n) is 7.08. The molecule has 0 spiro atoms. The minimum absolute atomic E-state index is 0.00872. The highest BCUT2D eigenvalue weighted by Crippen LogP contribution is 2.27. The van der Waals surface area contributed by atoms with Crippen LogP contribution in [-0.4, -0.2) is 35.4 Å². The quantitative estimate of drug-likeness (QED) is 0.443. The number of aryl methyl sites for hydroxylation is 1. The number of carbonyl (C=O) groups excluding carboxylic acids is 3. The van der Waals surface area contributed by atoms with Crippen molar-refractivity contribution in [3.63, 3.8) is 0 Å². The van der Waals surface area contributed by atoms with Crippen molar-refractivity contribution in [2.75, 3.05) is 16.8 Å². The first-order valence-corrected chi connectivity index (χ1v) is 9.38. The number of rotatable bonds is 6. The molecule has 9 heteroatoms. The molecule has 2 amide bonds. The van der Waals surface area contributed by atoms with Gasteiger partial charge in [-0.1, -0.05) is 29.8 Å². The van der Waals surface area contributed by atoms with Crippen molar-refractivity contribution in [3.8, 4) is 0 Å².